The molecule has 1 N–H and O–H groups in total. The van der Waals surface area contributed by atoms with Crippen molar-refractivity contribution < 1.29 is 36.2 Å². The summed E-state index contributed by atoms with van der Waals surface area (Å²) in [6.45, 7) is 3.11. The van der Waals surface area contributed by atoms with E-state index < -0.39 is 36.5 Å². The third-order valence-electron chi connectivity index (χ3n) is 6.69. The van der Waals surface area contributed by atoms with Crippen molar-refractivity contribution in [2.45, 2.75) is 45.7 Å². The lowest BCUT2D eigenvalue weighted by atomic mass is 9.98. The molecule has 5 rings (SSSR count). The number of nitrogens with one attached hydrogen (secondary N) is 1. The largest absolute Gasteiger partial charge is 0.491 e. The molecule has 7 nitrogen and oxygen atoms in total. The first-order valence-electron chi connectivity index (χ1n) is 13.2. The Balaban J connectivity index is 1.52. The first-order valence-corrected chi connectivity index (χ1v) is 13.2. The van der Waals surface area contributed by atoms with E-state index in [1.54, 1.807) is 25.1 Å². The minimum Gasteiger partial charge on any atom is -0.491 e. The van der Waals surface area contributed by atoms with E-state index in [-0.39, 0.29) is 35.4 Å². The molecule has 0 bridgehead atoms. The fourth-order valence-electron chi connectivity index (χ4n) is 4.46. The molecule has 0 atom stereocenters. The Morgan fingerprint density at radius 3 is 2.51 bits per heavy atom. The van der Waals surface area contributed by atoms with Crippen LogP contribution >= 0.6 is 0 Å². The minimum absolute atomic E-state index is 0.0734. The predicted octanol–water partition coefficient (Wildman–Crippen LogP) is 7.52. The van der Waals surface area contributed by atoms with Crippen LogP contribution in [0.2, 0.25) is 0 Å². The van der Waals surface area contributed by atoms with Crippen molar-refractivity contribution in [3.8, 4) is 28.6 Å². The van der Waals surface area contributed by atoms with E-state index in [4.69, 9.17) is 9.47 Å². The van der Waals surface area contributed by atoms with E-state index >= 15 is 0 Å². The van der Waals surface area contributed by atoms with Gasteiger partial charge < -0.3 is 14.8 Å². The average molecular weight is 575 g/mol. The lowest BCUT2D eigenvalue weighted by Crippen LogP contribution is -2.15. The third-order valence-corrected chi connectivity index (χ3v) is 6.69. The minimum atomic E-state index is -4.39. The summed E-state index contributed by atoms with van der Waals surface area (Å²) in [5, 5.41) is 7.06. The van der Waals surface area contributed by atoms with E-state index in [2.05, 4.69) is 15.4 Å². The van der Waals surface area contributed by atoms with Gasteiger partial charge in [-0.3, -0.25) is 4.79 Å². The molecule has 2 aromatic carbocycles. The molecule has 4 aromatic rings. The number of fused-ring (bicyclic) bond motifs is 1. The number of aryl methyl sites for hydroxylation is 1. The van der Waals surface area contributed by atoms with Gasteiger partial charge in [0.05, 0.1) is 30.6 Å². The maximum absolute atomic E-state index is 14.7. The Morgan fingerprint density at radius 2 is 1.83 bits per heavy atom. The van der Waals surface area contributed by atoms with Crippen LogP contribution in [0.15, 0.2) is 42.6 Å². The highest BCUT2D eigenvalue weighted by Crippen LogP contribution is 2.35. The van der Waals surface area contributed by atoms with Crippen LogP contribution in [0.1, 0.15) is 48.5 Å². The molecule has 1 saturated carbocycles. The van der Waals surface area contributed by atoms with E-state index in [0.29, 0.717) is 29.2 Å². The standard InChI is InChI=1S/C29H27F5N4O3/c1-3-40-23-8-9-24(27(31)26(23)30)41-25-14-20(35-11-10-29(32,33)34)28-36-15-21(38(28)37-25)18-6-7-19(16(2)12-18)22(39)13-17-4-5-17/h6-9,12,14-15,17,35H,3-5,10-11,13H2,1-2H3. The number of ether oxygens (including phenoxy) is 2. The second-order valence-electron chi connectivity index (χ2n) is 9.89. The molecule has 12 heteroatoms. The molecular weight excluding hydrogens is 547 g/mol. The van der Waals surface area contributed by atoms with Gasteiger partial charge in [0.1, 0.15) is 0 Å². The first kappa shape index (κ1) is 28.3. The summed E-state index contributed by atoms with van der Waals surface area (Å²) in [6, 6.07) is 8.91. The van der Waals surface area contributed by atoms with Crippen LogP contribution in [0.5, 0.6) is 17.4 Å². The Labute approximate surface area is 232 Å². The molecular formula is C29H27F5N4O3. The quantitative estimate of drug-likeness (QED) is 0.148. The first-order chi connectivity index (χ1) is 19.5. The van der Waals surface area contributed by atoms with Crippen molar-refractivity contribution in [1.82, 2.24) is 14.6 Å². The number of rotatable bonds is 11. The number of nitrogens with zero attached hydrogens (tertiary/aromatic N) is 3. The smallest absolute Gasteiger partial charge is 0.390 e. The zero-order valence-corrected chi connectivity index (χ0v) is 22.3. The van der Waals surface area contributed by atoms with Crippen LogP contribution < -0.4 is 14.8 Å². The zero-order valence-electron chi connectivity index (χ0n) is 22.3. The average Bonchev–Trinajstić information content (AvgIpc) is 3.62. The van der Waals surface area contributed by atoms with Crippen molar-refractivity contribution >= 4 is 17.1 Å². The van der Waals surface area contributed by atoms with E-state index in [0.717, 1.165) is 18.4 Å². The van der Waals surface area contributed by atoms with Crippen LogP contribution in [0.3, 0.4) is 0 Å². The van der Waals surface area contributed by atoms with Crippen molar-refractivity contribution in [3.05, 3.63) is 65.4 Å². The fourth-order valence-corrected chi connectivity index (χ4v) is 4.46. The van der Waals surface area contributed by atoms with Crippen LogP contribution in [0.4, 0.5) is 27.6 Å². The second-order valence-corrected chi connectivity index (χ2v) is 9.89. The SMILES string of the molecule is CCOc1ccc(Oc2cc(NCCC(F)(F)F)c3ncc(-c4ccc(C(=O)CC5CC5)c(C)c4)n3n2)c(F)c1F. The van der Waals surface area contributed by atoms with Crippen molar-refractivity contribution in [2.24, 2.45) is 5.92 Å². The Hall–Kier alpha value is -4.22. The van der Waals surface area contributed by atoms with Gasteiger partial charge in [0.25, 0.3) is 0 Å². The summed E-state index contributed by atoms with van der Waals surface area (Å²) in [5.41, 5.74) is 2.80. The number of hydrogen-bond donors (Lipinski definition) is 1. The molecule has 2 heterocycles. The summed E-state index contributed by atoms with van der Waals surface area (Å²) in [6.07, 6.45) is -1.39. The zero-order chi connectivity index (χ0) is 29.3. The third kappa shape index (κ3) is 6.41. The van der Waals surface area contributed by atoms with Crippen molar-refractivity contribution in [2.75, 3.05) is 18.5 Å². The van der Waals surface area contributed by atoms with Gasteiger partial charge in [0, 0.05) is 30.2 Å². The van der Waals surface area contributed by atoms with Crippen LogP contribution in [-0.4, -0.2) is 39.7 Å². The number of alkyl halides is 3. The van der Waals surface area contributed by atoms with Gasteiger partial charge in [-0.25, -0.2) is 9.50 Å². The summed E-state index contributed by atoms with van der Waals surface area (Å²) in [7, 11) is 0. The maximum atomic E-state index is 14.7. The number of aromatic nitrogens is 3. The molecule has 0 spiro atoms. The number of anilines is 1. The van der Waals surface area contributed by atoms with Gasteiger partial charge >= 0.3 is 6.18 Å². The normalized spacial score (nSPS) is 13.4. The van der Waals surface area contributed by atoms with Gasteiger partial charge in [0.2, 0.25) is 17.5 Å². The monoisotopic (exact) mass is 574 g/mol. The van der Waals surface area contributed by atoms with Gasteiger partial charge in [-0.2, -0.15) is 22.0 Å². The lowest BCUT2D eigenvalue weighted by Gasteiger charge is -2.14. The van der Waals surface area contributed by atoms with Gasteiger partial charge in [-0.05, 0) is 56.4 Å². The number of carbonyl (C=O) groups is 1. The van der Waals surface area contributed by atoms with E-state index in [1.165, 1.54) is 28.9 Å². The highest BCUT2D eigenvalue weighted by Gasteiger charge is 2.27. The lowest BCUT2D eigenvalue weighted by molar-refractivity contribution is -0.131. The molecule has 216 valence electrons. The number of ketones is 1. The number of benzene rings is 2. The van der Waals surface area contributed by atoms with Gasteiger partial charge in [-0.15, -0.1) is 5.10 Å². The van der Waals surface area contributed by atoms with Gasteiger partial charge in [0.15, 0.2) is 22.9 Å². The Morgan fingerprint density at radius 1 is 1.10 bits per heavy atom. The summed E-state index contributed by atoms with van der Waals surface area (Å²) < 4.78 is 79.6. The number of halogens is 5. The summed E-state index contributed by atoms with van der Waals surface area (Å²) in [4.78, 5) is 17.0. The predicted molar refractivity (Wildman–Crippen MR) is 142 cm³/mol. The molecule has 0 unspecified atom stereocenters. The van der Waals surface area contributed by atoms with E-state index in [1.807, 2.05) is 6.92 Å². The Bertz CT molecular complexity index is 1600. The molecule has 0 aliphatic heterocycles. The van der Waals surface area contributed by atoms with Gasteiger partial charge in [-0.1, -0.05) is 12.1 Å². The van der Waals surface area contributed by atoms with Crippen molar-refractivity contribution in [3.63, 3.8) is 0 Å². The summed E-state index contributed by atoms with van der Waals surface area (Å²) in [5.74, 6) is -3.04. The fraction of sp³-hybridized carbons (Fsp3) is 0.345. The van der Waals surface area contributed by atoms with Crippen LogP contribution in [0.25, 0.3) is 16.9 Å². The number of carbonyl (C=O) groups excluding carboxylic acids is 1. The molecule has 2 aromatic heterocycles. The number of imidazole rings is 1. The summed E-state index contributed by atoms with van der Waals surface area (Å²) >= 11 is 0. The molecule has 41 heavy (non-hydrogen) atoms. The molecule has 0 amide bonds. The molecule has 1 fully saturated rings. The second kappa shape index (κ2) is 11.3. The Kier molecular flexibility index (Phi) is 7.83. The van der Waals surface area contributed by atoms with Crippen molar-refractivity contribution in [1.29, 1.82) is 0 Å². The molecule has 0 saturated heterocycles. The topological polar surface area (TPSA) is 77.8 Å². The molecule has 0 radical (unpaired) electrons. The highest BCUT2D eigenvalue weighted by atomic mass is 19.4. The van der Waals surface area contributed by atoms with Crippen LogP contribution in [0, 0.1) is 24.5 Å². The van der Waals surface area contributed by atoms with E-state index in [9.17, 15) is 26.7 Å². The number of hydrogen-bond acceptors (Lipinski definition) is 6. The number of Topliss-reactive ketones (excluding diaryl/α,β-unsaturated/α-hetero) is 1. The maximum Gasteiger partial charge on any atom is 0.390 e. The van der Waals surface area contributed by atoms with Crippen LogP contribution in [-0.2, 0) is 0 Å². The molecule has 1 aliphatic carbocycles. The highest BCUT2D eigenvalue weighted by molar-refractivity contribution is 5.98. The molecule has 1 aliphatic rings.